The first-order valence-electron chi connectivity index (χ1n) is 4.79. The molecule has 3 aromatic rings. The van der Waals surface area contributed by atoms with Crippen molar-refractivity contribution in [3.05, 3.63) is 54.9 Å². The van der Waals surface area contributed by atoms with E-state index in [1.165, 1.54) is 5.56 Å². The quantitative estimate of drug-likeness (QED) is 0.596. The Bertz CT molecular complexity index is 584. The largest absolute Gasteiger partial charge is 0.159 e. The molecular weight excluding hydrogens is 186 g/mol. The van der Waals surface area contributed by atoms with Crippen LogP contribution in [0.25, 0.3) is 16.6 Å². The van der Waals surface area contributed by atoms with Crippen LogP contribution < -0.4 is 0 Å². The predicted octanol–water partition coefficient (Wildman–Crippen LogP) is 2.40. The van der Waals surface area contributed by atoms with Gasteiger partial charge in [0, 0.05) is 11.8 Å². The van der Waals surface area contributed by atoms with Crippen LogP contribution in [-0.4, -0.2) is 14.8 Å². The van der Waals surface area contributed by atoms with Crippen molar-refractivity contribution in [1.29, 1.82) is 0 Å². The van der Waals surface area contributed by atoms with Crippen molar-refractivity contribution in [2.75, 3.05) is 0 Å². The summed E-state index contributed by atoms with van der Waals surface area (Å²) >= 11 is 0. The van der Waals surface area contributed by atoms with E-state index in [2.05, 4.69) is 22.3 Å². The molecule has 3 heteroatoms. The van der Waals surface area contributed by atoms with Gasteiger partial charge in [0.15, 0.2) is 0 Å². The van der Waals surface area contributed by atoms with Gasteiger partial charge in [0.1, 0.15) is 0 Å². The van der Waals surface area contributed by atoms with Crippen LogP contribution in [0, 0.1) is 0 Å². The van der Waals surface area contributed by atoms with Gasteiger partial charge in [-0.05, 0) is 17.7 Å². The summed E-state index contributed by atoms with van der Waals surface area (Å²) in [5, 5.41) is 8.33. The van der Waals surface area contributed by atoms with Crippen LogP contribution in [0.3, 0.4) is 0 Å². The van der Waals surface area contributed by atoms with Gasteiger partial charge in [-0.25, -0.2) is 0 Å². The molecular formula is C12H9N3. The molecule has 0 bridgehead atoms. The predicted molar refractivity (Wildman–Crippen MR) is 58.4 cm³/mol. The summed E-state index contributed by atoms with van der Waals surface area (Å²) in [6, 6.07) is 14.1. The Balaban J connectivity index is 2.28. The molecule has 0 fully saturated rings. The van der Waals surface area contributed by atoms with Crippen LogP contribution in [-0.2, 0) is 0 Å². The molecule has 1 aromatic carbocycles. The Hall–Kier alpha value is -2.16. The Kier molecular flexibility index (Phi) is 1.75. The summed E-state index contributed by atoms with van der Waals surface area (Å²) in [7, 11) is 0. The minimum atomic E-state index is 1.03. The van der Waals surface area contributed by atoms with Crippen LogP contribution >= 0.6 is 0 Å². The average Bonchev–Trinajstić information content (AvgIpc) is 2.74. The standard InChI is InChI=1S/C12H9N3/c1-2-5-10(6-3-1)11-9-14-15-12(11)7-4-8-13-15/h1-9H. The minimum Gasteiger partial charge on any atom is -0.159 e. The third-order valence-corrected chi connectivity index (χ3v) is 2.39. The molecule has 2 heterocycles. The molecule has 0 saturated carbocycles. The van der Waals surface area contributed by atoms with Gasteiger partial charge >= 0.3 is 0 Å². The Morgan fingerprint density at radius 2 is 1.73 bits per heavy atom. The molecule has 0 radical (unpaired) electrons. The van der Waals surface area contributed by atoms with Gasteiger partial charge in [-0.1, -0.05) is 30.3 Å². The van der Waals surface area contributed by atoms with Gasteiger partial charge in [-0.3, -0.25) is 0 Å². The van der Waals surface area contributed by atoms with E-state index in [1.807, 2.05) is 36.5 Å². The highest BCUT2D eigenvalue weighted by atomic mass is 15.4. The molecule has 0 unspecified atom stereocenters. The topological polar surface area (TPSA) is 30.2 Å². The van der Waals surface area contributed by atoms with Gasteiger partial charge in [-0.15, -0.1) is 0 Å². The maximum Gasteiger partial charge on any atom is 0.0951 e. The van der Waals surface area contributed by atoms with Crippen molar-refractivity contribution in [3.8, 4) is 11.1 Å². The number of hydrogen-bond acceptors (Lipinski definition) is 2. The molecule has 0 spiro atoms. The first-order valence-corrected chi connectivity index (χ1v) is 4.79. The fourth-order valence-corrected chi connectivity index (χ4v) is 1.67. The van der Waals surface area contributed by atoms with Crippen molar-refractivity contribution in [1.82, 2.24) is 14.8 Å². The second-order valence-corrected chi connectivity index (χ2v) is 3.32. The van der Waals surface area contributed by atoms with E-state index < -0.39 is 0 Å². The van der Waals surface area contributed by atoms with Crippen LogP contribution in [0.2, 0.25) is 0 Å². The molecule has 3 rings (SSSR count). The summed E-state index contributed by atoms with van der Waals surface area (Å²) in [6.07, 6.45) is 3.58. The molecule has 0 aliphatic heterocycles. The van der Waals surface area contributed by atoms with E-state index in [4.69, 9.17) is 0 Å². The van der Waals surface area contributed by atoms with Gasteiger partial charge in [0.25, 0.3) is 0 Å². The highest BCUT2D eigenvalue weighted by Gasteiger charge is 2.04. The van der Waals surface area contributed by atoms with Crippen LogP contribution in [0.5, 0.6) is 0 Å². The van der Waals surface area contributed by atoms with Crippen molar-refractivity contribution in [2.24, 2.45) is 0 Å². The Labute approximate surface area is 87.0 Å². The van der Waals surface area contributed by atoms with Gasteiger partial charge < -0.3 is 0 Å². The van der Waals surface area contributed by atoms with Crippen molar-refractivity contribution < 1.29 is 0 Å². The second-order valence-electron chi connectivity index (χ2n) is 3.32. The molecule has 72 valence electrons. The summed E-state index contributed by atoms with van der Waals surface area (Å²) in [6.45, 7) is 0. The van der Waals surface area contributed by atoms with Crippen LogP contribution in [0.1, 0.15) is 0 Å². The molecule has 0 amide bonds. The number of rotatable bonds is 1. The molecule has 15 heavy (non-hydrogen) atoms. The molecule has 0 atom stereocenters. The van der Waals surface area contributed by atoms with Crippen molar-refractivity contribution in [3.63, 3.8) is 0 Å². The summed E-state index contributed by atoms with van der Waals surface area (Å²) in [5.41, 5.74) is 3.31. The monoisotopic (exact) mass is 195 g/mol. The van der Waals surface area contributed by atoms with E-state index in [0.29, 0.717) is 0 Å². The normalized spacial score (nSPS) is 10.7. The first-order chi connectivity index (χ1) is 7.45. The third-order valence-electron chi connectivity index (χ3n) is 2.39. The van der Waals surface area contributed by atoms with E-state index in [-0.39, 0.29) is 0 Å². The zero-order chi connectivity index (χ0) is 10.1. The lowest BCUT2D eigenvalue weighted by molar-refractivity contribution is 0.800. The highest BCUT2D eigenvalue weighted by molar-refractivity contribution is 5.79. The van der Waals surface area contributed by atoms with Crippen molar-refractivity contribution in [2.45, 2.75) is 0 Å². The molecule has 0 aliphatic carbocycles. The zero-order valence-corrected chi connectivity index (χ0v) is 8.04. The maximum atomic E-state index is 4.20. The number of benzene rings is 1. The van der Waals surface area contributed by atoms with Gasteiger partial charge in [0.05, 0.1) is 11.7 Å². The fourth-order valence-electron chi connectivity index (χ4n) is 1.67. The number of nitrogens with zero attached hydrogens (tertiary/aromatic N) is 3. The highest BCUT2D eigenvalue weighted by Crippen LogP contribution is 2.22. The average molecular weight is 195 g/mol. The van der Waals surface area contributed by atoms with E-state index in [9.17, 15) is 0 Å². The van der Waals surface area contributed by atoms with Crippen molar-refractivity contribution >= 4 is 5.52 Å². The summed E-state index contributed by atoms with van der Waals surface area (Å²) < 4.78 is 1.64. The molecule has 0 aliphatic rings. The summed E-state index contributed by atoms with van der Waals surface area (Å²) in [5.74, 6) is 0. The smallest absolute Gasteiger partial charge is 0.0951 e. The zero-order valence-electron chi connectivity index (χ0n) is 8.04. The Morgan fingerprint density at radius 1 is 0.867 bits per heavy atom. The van der Waals surface area contributed by atoms with E-state index >= 15 is 0 Å². The molecule has 2 aromatic heterocycles. The van der Waals surface area contributed by atoms with Gasteiger partial charge in [0.2, 0.25) is 0 Å². The number of fused-ring (bicyclic) bond motifs is 1. The minimum absolute atomic E-state index is 1.03. The number of aromatic nitrogens is 3. The van der Waals surface area contributed by atoms with Crippen LogP contribution in [0.15, 0.2) is 54.9 Å². The molecule has 3 nitrogen and oxygen atoms in total. The van der Waals surface area contributed by atoms with E-state index in [0.717, 1.165) is 11.1 Å². The lowest BCUT2D eigenvalue weighted by atomic mass is 10.1. The lowest BCUT2D eigenvalue weighted by Gasteiger charge is -1.97. The third kappa shape index (κ3) is 1.29. The number of hydrogen-bond donors (Lipinski definition) is 0. The lowest BCUT2D eigenvalue weighted by Crippen LogP contribution is -1.90. The van der Waals surface area contributed by atoms with Gasteiger partial charge in [-0.2, -0.15) is 14.8 Å². The molecule has 0 N–H and O–H groups in total. The maximum absolute atomic E-state index is 4.20. The van der Waals surface area contributed by atoms with E-state index in [1.54, 1.807) is 10.8 Å². The molecule has 0 saturated heterocycles. The second kappa shape index (κ2) is 3.20. The SMILES string of the molecule is c1ccc(-c2cnn3ncccc23)cc1. The Morgan fingerprint density at radius 3 is 2.60 bits per heavy atom. The summed E-state index contributed by atoms with van der Waals surface area (Å²) in [4.78, 5) is 0. The van der Waals surface area contributed by atoms with Crippen LogP contribution in [0.4, 0.5) is 0 Å². The first kappa shape index (κ1) is 8.17. The fraction of sp³-hybridized carbons (Fsp3) is 0.